The SMILES string of the molecule is O=C(CSc1nnc(-c2ccco2)o1)Nc1ccccc1C(=O)NCCc1ccccc1. The number of hydrogen-bond donors (Lipinski definition) is 2. The van der Waals surface area contributed by atoms with Crippen LogP contribution in [0.15, 0.2) is 87.1 Å². The normalized spacial score (nSPS) is 10.6. The molecule has 0 atom stereocenters. The number of para-hydroxylation sites is 1. The van der Waals surface area contributed by atoms with Crippen LogP contribution in [0, 0.1) is 0 Å². The van der Waals surface area contributed by atoms with E-state index in [1.165, 1.54) is 6.26 Å². The Morgan fingerprint density at radius 1 is 0.938 bits per heavy atom. The van der Waals surface area contributed by atoms with Gasteiger partial charge in [-0.2, -0.15) is 0 Å². The fourth-order valence-corrected chi connectivity index (χ4v) is 3.50. The molecule has 0 aliphatic carbocycles. The van der Waals surface area contributed by atoms with Crippen molar-refractivity contribution in [3.63, 3.8) is 0 Å². The van der Waals surface area contributed by atoms with Crippen molar-refractivity contribution in [2.45, 2.75) is 11.6 Å². The van der Waals surface area contributed by atoms with Crippen LogP contribution in [0.2, 0.25) is 0 Å². The van der Waals surface area contributed by atoms with Gasteiger partial charge in [0.1, 0.15) is 0 Å². The number of aromatic nitrogens is 2. The zero-order valence-electron chi connectivity index (χ0n) is 17.0. The lowest BCUT2D eigenvalue weighted by Gasteiger charge is -2.11. The largest absolute Gasteiger partial charge is 0.459 e. The molecule has 162 valence electrons. The summed E-state index contributed by atoms with van der Waals surface area (Å²) in [7, 11) is 0. The van der Waals surface area contributed by atoms with Crippen molar-refractivity contribution in [3.05, 3.63) is 84.1 Å². The summed E-state index contributed by atoms with van der Waals surface area (Å²) < 4.78 is 10.7. The van der Waals surface area contributed by atoms with Gasteiger partial charge in [-0.25, -0.2) is 0 Å². The van der Waals surface area contributed by atoms with Gasteiger partial charge in [-0.05, 0) is 36.2 Å². The lowest BCUT2D eigenvalue weighted by Crippen LogP contribution is -2.27. The molecule has 0 bridgehead atoms. The molecule has 8 nitrogen and oxygen atoms in total. The van der Waals surface area contributed by atoms with E-state index in [2.05, 4.69) is 20.8 Å². The van der Waals surface area contributed by atoms with Gasteiger partial charge in [0, 0.05) is 6.54 Å². The molecule has 0 spiro atoms. The Kier molecular flexibility index (Phi) is 6.98. The summed E-state index contributed by atoms with van der Waals surface area (Å²) in [4.78, 5) is 25.0. The fraction of sp³-hybridized carbons (Fsp3) is 0.130. The molecule has 0 aliphatic rings. The van der Waals surface area contributed by atoms with E-state index >= 15 is 0 Å². The third-order valence-corrected chi connectivity index (χ3v) is 5.27. The molecule has 2 aromatic heterocycles. The summed E-state index contributed by atoms with van der Waals surface area (Å²) in [5, 5.41) is 13.7. The van der Waals surface area contributed by atoms with E-state index in [1.807, 2.05) is 30.3 Å². The van der Waals surface area contributed by atoms with E-state index in [-0.39, 0.29) is 28.7 Å². The van der Waals surface area contributed by atoms with Gasteiger partial charge < -0.3 is 19.5 Å². The molecule has 9 heteroatoms. The zero-order valence-corrected chi connectivity index (χ0v) is 17.8. The average Bonchev–Trinajstić information content (AvgIpc) is 3.51. The molecule has 0 radical (unpaired) electrons. The van der Waals surface area contributed by atoms with Gasteiger partial charge in [0.15, 0.2) is 5.76 Å². The number of nitrogens with one attached hydrogen (secondary N) is 2. The zero-order chi connectivity index (χ0) is 22.2. The summed E-state index contributed by atoms with van der Waals surface area (Å²) in [6.45, 7) is 0.496. The highest BCUT2D eigenvalue weighted by atomic mass is 32.2. The molecule has 2 amide bonds. The van der Waals surface area contributed by atoms with E-state index in [0.717, 1.165) is 23.7 Å². The Bertz CT molecular complexity index is 1180. The Morgan fingerprint density at radius 3 is 2.56 bits per heavy atom. The highest BCUT2D eigenvalue weighted by Crippen LogP contribution is 2.23. The Labute approximate surface area is 188 Å². The van der Waals surface area contributed by atoms with E-state index in [0.29, 0.717) is 23.6 Å². The van der Waals surface area contributed by atoms with E-state index in [1.54, 1.807) is 36.4 Å². The second-order valence-electron chi connectivity index (χ2n) is 6.72. The van der Waals surface area contributed by atoms with E-state index < -0.39 is 0 Å². The minimum atomic E-state index is -0.294. The van der Waals surface area contributed by atoms with Gasteiger partial charge in [0.2, 0.25) is 5.91 Å². The van der Waals surface area contributed by atoms with Crippen molar-refractivity contribution in [1.82, 2.24) is 15.5 Å². The summed E-state index contributed by atoms with van der Waals surface area (Å²) in [6, 6.07) is 20.2. The minimum absolute atomic E-state index is 0.0454. The maximum absolute atomic E-state index is 12.6. The van der Waals surface area contributed by atoms with Crippen molar-refractivity contribution >= 4 is 29.3 Å². The smallest absolute Gasteiger partial charge is 0.284 e. The van der Waals surface area contributed by atoms with E-state index in [4.69, 9.17) is 8.83 Å². The van der Waals surface area contributed by atoms with Gasteiger partial charge in [-0.15, -0.1) is 10.2 Å². The molecule has 0 unspecified atom stereocenters. The maximum Gasteiger partial charge on any atom is 0.284 e. The van der Waals surface area contributed by atoms with Gasteiger partial charge in [0.05, 0.1) is 23.3 Å². The Hall–Kier alpha value is -3.85. The Morgan fingerprint density at radius 2 is 1.75 bits per heavy atom. The van der Waals surface area contributed by atoms with Crippen molar-refractivity contribution in [2.24, 2.45) is 0 Å². The third-order valence-electron chi connectivity index (χ3n) is 4.45. The number of carbonyl (C=O) groups excluding carboxylic acids is 2. The number of hydrogen-bond acceptors (Lipinski definition) is 7. The molecular formula is C23H20N4O4S. The standard InChI is InChI=1S/C23H20N4O4S/c28-20(15-32-23-27-26-22(31-23)19-11-6-14-30-19)25-18-10-5-4-9-17(18)21(29)24-13-12-16-7-2-1-3-8-16/h1-11,14H,12-13,15H2,(H,24,29)(H,25,28). The van der Waals surface area contributed by atoms with Crippen molar-refractivity contribution in [2.75, 3.05) is 17.6 Å². The number of carbonyl (C=O) groups is 2. The van der Waals surface area contributed by atoms with Gasteiger partial charge in [-0.3, -0.25) is 9.59 Å². The van der Waals surface area contributed by atoms with Gasteiger partial charge in [-0.1, -0.05) is 54.2 Å². The molecule has 4 rings (SSSR count). The van der Waals surface area contributed by atoms with Crippen LogP contribution in [-0.4, -0.2) is 34.3 Å². The van der Waals surface area contributed by atoms with Crippen LogP contribution in [0.4, 0.5) is 5.69 Å². The van der Waals surface area contributed by atoms with Crippen LogP contribution in [0.5, 0.6) is 0 Å². The molecule has 4 aromatic rings. The van der Waals surface area contributed by atoms with Gasteiger partial charge >= 0.3 is 0 Å². The van der Waals surface area contributed by atoms with Crippen LogP contribution in [0.1, 0.15) is 15.9 Å². The van der Waals surface area contributed by atoms with Crippen LogP contribution < -0.4 is 10.6 Å². The van der Waals surface area contributed by atoms with Crippen molar-refractivity contribution in [3.8, 4) is 11.7 Å². The predicted molar refractivity (Wildman–Crippen MR) is 120 cm³/mol. The topological polar surface area (TPSA) is 110 Å². The minimum Gasteiger partial charge on any atom is -0.459 e. The van der Waals surface area contributed by atoms with Crippen LogP contribution in [0.25, 0.3) is 11.7 Å². The number of nitrogens with zero attached hydrogens (tertiary/aromatic N) is 2. The molecule has 2 N–H and O–H groups in total. The first-order valence-electron chi connectivity index (χ1n) is 9.90. The highest BCUT2D eigenvalue weighted by Gasteiger charge is 2.15. The molecule has 0 saturated heterocycles. The quantitative estimate of drug-likeness (QED) is 0.372. The second-order valence-corrected chi connectivity index (χ2v) is 7.65. The second kappa shape index (κ2) is 10.5. The first kappa shape index (κ1) is 21.4. The fourth-order valence-electron chi connectivity index (χ4n) is 2.93. The number of benzene rings is 2. The van der Waals surface area contributed by atoms with Crippen LogP contribution in [-0.2, 0) is 11.2 Å². The first-order chi connectivity index (χ1) is 15.7. The third kappa shape index (κ3) is 5.64. The number of amides is 2. The Balaban J connectivity index is 1.30. The van der Waals surface area contributed by atoms with Crippen LogP contribution >= 0.6 is 11.8 Å². The predicted octanol–water partition coefficient (Wildman–Crippen LogP) is 4.03. The summed E-state index contributed by atoms with van der Waals surface area (Å²) >= 11 is 1.10. The first-order valence-corrected chi connectivity index (χ1v) is 10.9. The summed E-state index contributed by atoms with van der Waals surface area (Å²) in [5.74, 6) is 0.210. The lowest BCUT2D eigenvalue weighted by molar-refractivity contribution is -0.113. The van der Waals surface area contributed by atoms with Gasteiger partial charge in [0.25, 0.3) is 17.0 Å². The molecule has 0 aliphatic heterocycles. The lowest BCUT2D eigenvalue weighted by atomic mass is 10.1. The molecule has 2 aromatic carbocycles. The average molecular weight is 449 g/mol. The van der Waals surface area contributed by atoms with Crippen LogP contribution in [0.3, 0.4) is 0 Å². The van der Waals surface area contributed by atoms with Crippen molar-refractivity contribution < 1.29 is 18.4 Å². The highest BCUT2D eigenvalue weighted by molar-refractivity contribution is 7.99. The number of thioether (sulfide) groups is 1. The number of furan rings is 1. The maximum atomic E-state index is 12.6. The summed E-state index contributed by atoms with van der Waals surface area (Å²) in [6.07, 6.45) is 2.23. The van der Waals surface area contributed by atoms with E-state index in [9.17, 15) is 9.59 Å². The molecular weight excluding hydrogens is 428 g/mol. The molecule has 2 heterocycles. The molecule has 0 saturated carbocycles. The van der Waals surface area contributed by atoms with Crippen molar-refractivity contribution in [1.29, 1.82) is 0 Å². The number of anilines is 1. The molecule has 32 heavy (non-hydrogen) atoms. The summed E-state index contributed by atoms with van der Waals surface area (Å²) in [5.41, 5.74) is 1.98. The molecule has 0 fully saturated rings. The monoisotopic (exact) mass is 448 g/mol. The number of rotatable bonds is 9.